The minimum Gasteiger partial charge on any atom is -0.507 e. The van der Waals surface area contributed by atoms with Crippen molar-refractivity contribution in [2.75, 3.05) is 18.1 Å². The maximum Gasteiger partial charge on any atom is 0.300 e. The molecule has 38 heavy (non-hydrogen) atoms. The van der Waals surface area contributed by atoms with Crippen LogP contribution in [0.25, 0.3) is 5.76 Å². The van der Waals surface area contributed by atoms with Crippen molar-refractivity contribution < 1.29 is 28.9 Å². The summed E-state index contributed by atoms with van der Waals surface area (Å²) in [7, 11) is 0. The number of anilines is 1. The third-order valence-electron chi connectivity index (χ3n) is 5.90. The van der Waals surface area contributed by atoms with E-state index in [9.17, 15) is 14.7 Å². The number of carbonyl (C=O) groups excluding carboxylic acids is 2. The fraction of sp³-hybridized carbons (Fsp3) is 0.267. The van der Waals surface area contributed by atoms with Crippen LogP contribution in [0.2, 0.25) is 5.02 Å². The zero-order valence-corrected chi connectivity index (χ0v) is 22.5. The lowest BCUT2D eigenvalue weighted by molar-refractivity contribution is -0.132. The Morgan fingerprint density at radius 1 is 0.947 bits per heavy atom. The molecule has 0 spiro atoms. The summed E-state index contributed by atoms with van der Waals surface area (Å²) < 4.78 is 17.1. The number of ether oxygens (including phenoxy) is 3. The smallest absolute Gasteiger partial charge is 0.300 e. The molecule has 4 rings (SSSR count). The van der Waals surface area contributed by atoms with Gasteiger partial charge in [-0.05, 0) is 75.7 Å². The Morgan fingerprint density at radius 3 is 2.37 bits per heavy atom. The molecule has 0 aromatic heterocycles. The van der Waals surface area contributed by atoms with E-state index >= 15 is 0 Å². The molecule has 3 aromatic carbocycles. The van der Waals surface area contributed by atoms with Crippen molar-refractivity contribution in [1.29, 1.82) is 0 Å². The van der Waals surface area contributed by atoms with Crippen molar-refractivity contribution in [2.24, 2.45) is 0 Å². The third kappa shape index (κ3) is 5.48. The van der Waals surface area contributed by atoms with Gasteiger partial charge < -0.3 is 19.3 Å². The van der Waals surface area contributed by atoms with E-state index in [0.717, 1.165) is 0 Å². The molecule has 0 saturated carbocycles. The highest BCUT2D eigenvalue weighted by atomic mass is 35.5. The number of aliphatic hydroxyl groups excluding tert-OH is 1. The molecule has 0 radical (unpaired) electrons. The number of rotatable bonds is 9. The van der Waals surface area contributed by atoms with Crippen LogP contribution < -0.4 is 19.1 Å². The van der Waals surface area contributed by atoms with Crippen LogP contribution in [-0.4, -0.2) is 36.1 Å². The molecule has 0 aliphatic carbocycles. The molecule has 1 aliphatic rings. The Hall–Kier alpha value is -3.97. The second-order valence-corrected chi connectivity index (χ2v) is 9.32. The van der Waals surface area contributed by atoms with Crippen LogP contribution in [0.5, 0.6) is 17.2 Å². The predicted molar refractivity (Wildman–Crippen MR) is 147 cm³/mol. The summed E-state index contributed by atoms with van der Waals surface area (Å²) >= 11 is 6.24. The van der Waals surface area contributed by atoms with Crippen LogP contribution in [0.3, 0.4) is 0 Å². The van der Waals surface area contributed by atoms with Crippen molar-refractivity contribution >= 4 is 34.7 Å². The molecule has 1 atom stereocenters. The number of nitrogens with zero attached hydrogens (tertiary/aromatic N) is 1. The van der Waals surface area contributed by atoms with Gasteiger partial charge in [-0.2, -0.15) is 0 Å². The van der Waals surface area contributed by atoms with E-state index in [1.807, 2.05) is 27.7 Å². The Balaban J connectivity index is 1.93. The second kappa shape index (κ2) is 11.6. The van der Waals surface area contributed by atoms with Crippen molar-refractivity contribution in [2.45, 2.75) is 39.8 Å². The summed E-state index contributed by atoms with van der Waals surface area (Å²) in [6.45, 7) is 8.31. The van der Waals surface area contributed by atoms with Crippen LogP contribution >= 0.6 is 11.6 Å². The molecule has 7 nitrogen and oxygen atoms in total. The van der Waals surface area contributed by atoms with E-state index in [0.29, 0.717) is 52.3 Å². The molecular formula is C30H30ClNO6. The lowest BCUT2D eigenvalue weighted by Crippen LogP contribution is -2.29. The molecule has 198 valence electrons. The van der Waals surface area contributed by atoms with Gasteiger partial charge in [-0.25, -0.2) is 0 Å². The van der Waals surface area contributed by atoms with Crippen LogP contribution in [0.4, 0.5) is 5.69 Å². The first-order chi connectivity index (χ1) is 18.2. The monoisotopic (exact) mass is 535 g/mol. The molecule has 1 unspecified atom stereocenters. The maximum atomic E-state index is 13.5. The maximum absolute atomic E-state index is 13.5. The lowest BCUT2D eigenvalue weighted by atomic mass is 9.95. The van der Waals surface area contributed by atoms with E-state index in [2.05, 4.69) is 0 Å². The van der Waals surface area contributed by atoms with Crippen molar-refractivity contribution in [3.8, 4) is 17.2 Å². The summed E-state index contributed by atoms with van der Waals surface area (Å²) in [5.41, 5.74) is 1.31. The van der Waals surface area contributed by atoms with Crippen LogP contribution in [0.15, 0.2) is 72.3 Å². The Labute approximate surface area is 227 Å². The van der Waals surface area contributed by atoms with Crippen molar-refractivity contribution in [3.05, 3.63) is 88.5 Å². The molecular weight excluding hydrogens is 506 g/mol. The molecule has 1 fully saturated rings. The zero-order chi connectivity index (χ0) is 27.4. The van der Waals surface area contributed by atoms with E-state index in [-0.39, 0.29) is 17.4 Å². The first kappa shape index (κ1) is 27.1. The SMILES string of the molecule is CCOc1cccc(N2C(=O)C(=O)/C(=C(/O)c3ccc(Cl)c(OCC)c3)C2c2cccc(OC(C)C)c2)c1. The summed E-state index contributed by atoms with van der Waals surface area (Å²) in [4.78, 5) is 28.4. The summed E-state index contributed by atoms with van der Waals surface area (Å²) in [5, 5.41) is 11.8. The molecule has 3 aromatic rings. The number of aliphatic hydroxyl groups is 1. The van der Waals surface area contributed by atoms with Crippen LogP contribution in [-0.2, 0) is 9.59 Å². The first-order valence-corrected chi connectivity index (χ1v) is 12.9. The number of benzene rings is 3. The van der Waals surface area contributed by atoms with E-state index in [1.54, 1.807) is 66.7 Å². The van der Waals surface area contributed by atoms with Gasteiger partial charge in [0.2, 0.25) is 0 Å². The van der Waals surface area contributed by atoms with E-state index < -0.39 is 17.7 Å². The number of hydrogen-bond acceptors (Lipinski definition) is 6. The van der Waals surface area contributed by atoms with Gasteiger partial charge in [0.15, 0.2) is 0 Å². The quantitative estimate of drug-likeness (QED) is 0.190. The number of ketones is 1. The topological polar surface area (TPSA) is 85.3 Å². The zero-order valence-electron chi connectivity index (χ0n) is 21.7. The van der Waals surface area contributed by atoms with Crippen LogP contribution in [0.1, 0.15) is 44.9 Å². The highest BCUT2D eigenvalue weighted by Gasteiger charge is 2.47. The highest BCUT2D eigenvalue weighted by molar-refractivity contribution is 6.51. The standard InChI is InChI=1S/C30H30ClNO6/c1-5-36-22-11-8-10-21(17-22)32-27(19-9-7-12-23(15-19)38-18(3)4)26(29(34)30(32)35)28(33)20-13-14-24(31)25(16-20)37-6-2/h7-18,27,33H,5-6H2,1-4H3/b28-26+. The molecule has 1 amide bonds. The van der Waals surface area contributed by atoms with E-state index in [1.165, 1.54) is 4.90 Å². The average molecular weight is 536 g/mol. The minimum atomic E-state index is -0.922. The Kier molecular flexibility index (Phi) is 8.27. The normalized spacial score (nSPS) is 16.7. The Morgan fingerprint density at radius 2 is 1.66 bits per heavy atom. The van der Waals surface area contributed by atoms with Gasteiger partial charge in [0.25, 0.3) is 11.7 Å². The fourth-order valence-corrected chi connectivity index (χ4v) is 4.58. The summed E-state index contributed by atoms with van der Waals surface area (Å²) in [6, 6.07) is 17.9. The van der Waals surface area contributed by atoms with Gasteiger partial charge in [-0.15, -0.1) is 0 Å². The average Bonchev–Trinajstić information content (AvgIpc) is 3.15. The van der Waals surface area contributed by atoms with Gasteiger partial charge >= 0.3 is 0 Å². The minimum absolute atomic E-state index is 0.0525. The van der Waals surface area contributed by atoms with Gasteiger partial charge in [-0.3, -0.25) is 14.5 Å². The van der Waals surface area contributed by atoms with Crippen molar-refractivity contribution in [1.82, 2.24) is 0 Å². The number of carbonyl (C=O) groups is 2. The van der Waals surface area contributed by atoms with Gasteiger partial charge in [-0.1, -0.05) is 29.8 Å². The number of halogens is 1. The molecule has 8 heteroatoms. The molecule has 0 bridgehead atoms. The molecule has 1 N–H and O–H groups in total. The molecule has 1 saturated heterocycles. The second-order valence-electron chi connectivity index (χ2n) is 8.92. The molecule has 1 heterocycles. The predicted octanol–water partition coefficient (Wildman–Crippen LogP) is 6.55. The van der Waals surface area contributed by atoms with Gasteiger partial charge in [0.05, 0.1) is 36.0 Å². The Bertz CT molecular complexity index is 1380. The number of Topliss-reactive ketones (excluding diaryl/α,β-unsaturated/α-hetero) is 1. The third-order valence-corrected chi connectivity index (χ3v) is 6.21. The van der Waals surface area contributed by atoms with Gasteiger partial charge in [0.1, 0.15) is 23.0 Å². The number of amides is 1. The number of hydrogen-bond donors (Lipinski definition) is 1. The highest BCUT2D eigenvalue weighted by Crippen LogP contribution is 2.44. The van der Waals surface area contributed by atoms with Crippen LogP contribution in [0, 0.1) is 0 Å². The molecule has 1 aliphatic heterocycles. The largest absolute Gasteiger partial charge is 0.507 e. The first-order valence-electron chi connectivity index (χ1n) is 12.5. The van der Waals surface area contributed by atoms with Crippen molar-refractivity contribution in [3.63, 3.8) is 0 Å². The summed E-state index contributed by atoms with van der Waals surface area (Å²) in [5.74, 6) is -0.403. The van der Waals surface area contributed by atoms with Gasteiger partial charge in [0, 0.05) is 17.3 Å². The fourth-order valence-electron chi connectivity index (χ4n) is 4.41. The summed E-state index contributed by atoms with van der Waals surface area (Å²) in [6.07, 6.45) is -0.0782. The lowest BCUT2D eigenvalue weighted by Gasteiger charge is -2.26. The van der Waals surface area contributed by atoms with E-state index in [4.69, 9.17) is 25.8 Å².